The molecule has 2 aliphatic rings. The molecule has 3 aromatic rings. The summed E-state index contributed by atoms with van der Waals surface area (Å²) in [4.78, 5) is 30.6. The molecule has 0 aliphatic carbocycles. The molecule has 3 heterocycles. The number of piperazine rings is 1. The molecule has 1 N–H and O–H groups in total. The molecule has 1 atom stereocenters. The SMILES string of the molecule is C[C@H]1COc2c(N3CCN(c4ccc(N(C)C)cc4)CC3)c(F)cc3c(=O)c(C(=O)O)cn1c23. The van der Waals surface area contributed by atoms with E-state index in [1.165, 1.54) is 6.20 Å². The molecule has 0 bridgehead atoms. The Labute approximate surface area is 196 Å². The van der Waals surface area contributed by atoms with Crippen molar-refractivity contribution in [3.05, 3.63) is 58.1 Å². The first kappa shape index (κ1) is 22.1. The molecule has 2 aliphatic heterocycles. The van der Waals surface area contributed by atoms with Crippen molar-refractivity contribution in [2.24, 2.45) is 0 Å². The molecule has 0 unspecified atom stereocenters. The first-order valence-electron chi connectivity index (χ1n) is 11.3. The van der Waals surface area contributed by atoms with Crippen molar-refractivity contribution in [1.82, 2.24) is 4.57 Å². The fraction of sp³-hybridized carbons (Fsp3) is 0.360. The Morgan fingerprint density at radius 3 is 2.38 bits per heavy atom. The second-order valence-electron chi connectivity index (χ2n) is 9.06. The summed E-state index contributed by atoms with van der Waals surface area (Å²) in [6, 6.07) is 9.31. The Kier molecular flexibility index (Phi) is 5.34. The lowest BCUT2D eigenvalue weighted by atomic mass is 10.1. The number of carbonyl (C=O) groups is 1. The molecule has 178 valence electrons. The largest absolute Gasteiger partial charge is 0.487 e. The molecule has 0 saturated carbocycles. The molecule has 34 heavy (non-hydrogen) atoms. The molecule has 1 aromatic heterocycles. The molecule has 9 heteroatoms. The topological polar surface area (TPSA) is 78.2 Å². The van der Waals surface area contributed by atoms with E-state index in [0.29, 0.717) is 43.1 Å². The predicted octanol–water partition coefficient (Wildman–Crippen LogP) is 3.18. The molecular formula is C25H27FN4O4. The number of anilines is 3. The van der Waals surface area contributed by atoms with Crippen LogP contribution in [0.1, 0.15) is 23.3 Å². The second kappa shape index (κ2) is 8.23. The van der Waals surface area contributed by atoms with Crippen LogP contribution in [0.2, 0.25) is 0 Å². The molecule has 0 spiro atoms. The monoisotopic (exact) mass is 466 g/mol. The maximum atomic E-state index is 15.4. The van der Waals surface area contributed by atoms with Crippen LogP contribution in [0.15, 0.2) is 41.3 Å². The highest BCUT2D eigenvalue weighted by Gasteiger charge is 2.31. The number of hydrogen-bond donors (Lipinski definition) is 1. The summed E-state index contributed by atoms with van der Waals surface area (Å²) in [5, 5.41) is 9.48. The maximum absolute atomic E-state index is 15.4. The van der Waals surface area contributed by atoms with Crippen LogP contribution in [-0.4, -0.2) is 62.5 Å². The van der Waals surface area contributed by atoms with Crippen molar-refractivity contribution in [3.63, 3.8) is 0 Å². The van der Waals surface area contributed by atoms with Gasteiger partial charge in [0.2, 0.25) is 5.43 Å². The third-order valence-corrected chi connectivity index (χ3v) is 6.70. The fourth-order valence-corrected chi connectivity index (χ4v) is 4.81. The van der Waals surface area contributed by atoms with Gasteiger partial charge in [0.1, 0.15) is 17.9 Å². The van der Waals surface area contributed by atoms with Crippen molar-refractivity contribution in [2.45, 2.75) is 13.0 Å². The van der Waals surface area contributed by atoms with Gasteiger partial charge in [0.05, 0.1) is 16.9 Å². The Morgan fingerprint density at radius 2 is 1.76 bits per heavy atom. The number of carboxylic acids is 1. The van der Waals surface area contributed by atoms with Crippen LogP contribution in [0.3, 0.4) is 0 Å². The van der Waals surface area contributed by atoms with Crippen molar-refractivity contribution < 1.29 is 19.0 Å². The smallest absolute Gasteiger partial charge is 0.341 e. The number of hydrogen-bond acceptors (Lipinski definition) is 6. The average Bonchev–Trinajstić information content (AvgIpc) is 2.82. The molecular weight excluding hydrogens is 439 g/mol. The van der Waals surface area contributed by atoms with E-state index in [0.717, 1.165) is 17.4 Å². The van der Waals surface area contributed by atoms with Crippen molar-refractivity contribution >= 4 is 33.9 Å². The van der Waals surface area contributed by atoms with Gasteiger partial charge in [-0.1, -0.05) is 0 Å². The zero-order valence-corrected chi connectivity index (χ0v) is 19.4. The van der Waals surface area contributed by atoms with E-state index in [1.807, 2.05) is 25.9 Å². The first-order valence-corrected chi connectivity index (χ1v) is 11.3. The van der Waals surface area contributed by atoms with E-state index in [-0.39, 0.29) is 23.6 Å². The first-order chi connectivity index (χ1) is 16.3. The number of aromatic carboxylic acids is 1. The van der Waals surface area contributed by atoms with Gasteiger partial charge in [-0.15, -0.1) is 0 Å². The number of carboxylic acid groups (broad SMARTS) is 1. The van der Waals surface area contributed by atoms with E-state index in [9.17, 15) is 14.7 Å². The minimum Gasteiger partial charge on any atom is -0.487 e. The average molecular weight is 467 g/mol. The second-order valence-corrected chi connectivity index (χ2v) is 9.06. The number of halogens is 1. The van der Waals surface area contributed by atoms with Gasteiger partial charge >= 0.3 is 5.97 Å². The van der Waals surface area contributed by atoms with E-state index in [4.69, 9.17) is 4.74 Å². The van der Waals surface area contributed by atoms with Gasteiger partial charge in [0.15, 0.2) is 11.6 Å². The number of ether oxygens (including phenoxy) is 1. The Hall–Kier alpha value is -3.75. The number of rotatable bonds is 4. The van der Waals surface area contributed by atoms with Gasteiger partial charge < -0.3 is 29.1 Å². The maximum Gasteiger partial charge on any atom is 0.341 e. The summed E-state index contributed by atoms with van der Waals surface area (Å²) >= 11 is 0. The van der Waals surface area contributed by atoms with Crippen LogP contribution in [0.4, 0.5) is 21.5 Å². The minimum absolute atomic E-state index is 0.0299. The summed E-state index contributed by atoms with van der Waals surface area (Å²) in [5.74, 6) is -1.59. The van der Waals surface area contributed by atoms with Crippen LogP contribution in [-0.2, 0) is 0 Å². The summed E-state index contributed by atoms with van der Waals surface area (Å²) in [5.41, 5.74) is 1.96. The fourth-order valence-electron chi connectivity index (χ4n) is 4.81. The zero-order chi connectivity index (χ0) is 24.1. The molecule has 8 nitrogen and oxygen atoms in total. The molecule has 1 fully saturated rings. The predicted molar refractivity (Wildman–Crippen MR) is 131 cm³/mol. The molecule has 5 rings (SSSR count). The van der Waals surface area contributed by atoms with Gasteiger partial charge in [-0.2, -0.15) is 0 Å². The minimum atomic E-state index is -1.32. The Bertz CT molecular complexity index is 1330. The highest BCUT2D eigenvalue weighted by Crippen LogP contribution is 2.42. The lowest BCUT2D eigenvalue weighted by Crippen LogP contribution is -2.47. The van der Waals surface area contributed by atoms with Gasteiger partial charge in [0.25, 0.3) is 0 Å². The Morgan fingerprint density at radius 1 is 1.12 bits per heavy atom. The summed E-state index contributed by atoms with van der Waals surface area (Å²) in [7, 11) is 4.01. The summed E-state index contributed by atoms with van der Waals surface area (Å²) in [6.07, 6.45) is 1.35. The lowest BCUT2D eigenvalue weighted by molar-refractivity contribution is 0.0694. The summed E-state index contributed by atoms with van der Waals surface area (Å²) < 4.78 is 23.1. The van der Waals surface area contributed by atoms with Crippen molar-refractivity contribution in [1.29, 1.82) is 0 Å². The van der Waals surface area contributed by atoms with Gasteiger partial charge in [-0.05, 0) is 37.3 Å². The molecule has 1 saturated heterocycles. The molecule has 0 radical (unpaired) electrons. The van der Waals surface area contributed by atoms with Crippen LogP contribution in [0.25, 0.3) is 10.9 Å². The van der Waals surface area contributed by atoms with Crippen LogP contribution >= 0.6 is 0 Å². The van der Waals surface area contributed by atoms with E-state index < -0.39 is 17.2 Å². The summed E-state index contributed by atoms with van der Waals surface area (Å²) in [6.45, 7) is 4.72. The van der Waals surface area contributed by atoms with Gasteiger partial charge in [0, 0.05) is 57.8 Å². The highest BCUT2D eigenvalue weighted by molar-refractivity contribution is 5.97. The number of pyridine rings is 1. The van der Waals surface area contributed by atoms with E-state index >= 15 is 4.39 Å². The van der Waals surface area contributed by atoms with Crippen LogP contribution in [0.5, 0.6) is 5.75 Å². The Balaban J connectivity index is 1.49. The van der Waals surface area contributed by atoms with Crippen molar-refractivity contribution in [2.75, 3.05) is 61.6 Å². The zero-order valence-electron chi connectivity index (χ0n) is 19.4. The quantitative estimate of drug-likeness (QED) is 0.633. The molecule has 2 aromatic carbocycles. The highest BCUT2D eigenvalue weighted by atomic mass is 19.1. The normalized spacial score (nSPS) is 17.6. The molecule has 0 amide bonds. The van der Waals surface area contributed by atoms with Gasteiger partial charge in [-0.3, -0.25) is 4.79 Å². The van der Waals surface area contributed by atoms with Crippen molar-refractivity contribution in [3.8, 4) is 5.75 Å². The van der Waals surface area contributed by atoms with E-state index in [1.54, 1.807) is 4.57 Å². The third kappa shape index (κ3) is 3.52. The van der Waals surface area contributed by atoms with Crippen LogP contribution < -0.4 is 24.9 Å². The van der Waals surface area contributed by atoms with Crippen LogP contribution in [0, 0.1) is 5.82 Å². The standard InChI is InChI=1S/C25H27FN4O4/c1-15-14-34-24-21-18(23(31)19(25(32)33)13-30(15)21)12-20(26)22(24)29-10-8-28(9-11-29)17-6-4-16(5-7-17)27(2)3/h4-7,12-13,15H,8-11,14H2,1-3H3,(H,32,33)/t15-/m0/s1. The third-order valence-electron chi connectivity index (χ3n) is 6.70. The number of aromatic nitrogens is 1. The van der Waals surface area contributed by atoms with Gasteiger partial charge in [-0.25, -0.2) is 9.18 Å². The number of benzene rings is 2. The lowest BCUT2D eigenvalue weighted by Gasteiger charge is -2.39. The van der Waals surface area contributed by atoms with E-state index in [2.05, 4.69) is 34.1 Å². The number of nitrogens with zero attached hydrogens (tertiary/aromatic N) is 4.